The van der Waals surface area contributed by atoms with Gasteiger partial charge in [-0.2, -0.15) is 0 Å². The summed E-state index contributed by atoms with van der Waals surface area (Å²) < 4.78 is 0. The maximum absolute atomic E-state index is 10.4. The molecule has 0 bridgehead atoms. The molecule has 0 atom stereocenters. The van der Waals surface area contributed by atoms with Gasteiger partial charge in [-0.25, -0.2) is 19.2 Å². The van der Waals surface area contributed by atoms with Gasteiger partial charge in [-0.15, -0.1) is 13.2 Å². The first kappa shape index (κ1) is 22.1. The molecule has 2 aromatic rings. The number of carboxylic acids is 4. The Balaban J connectivity index is 0.000000439. The smallest absolute Gasteiger partial charge is 0.335 e. The van der Waals surface area contributed by atoms with Crippen molar-refractivity contribution in [1.82, 2.24) is 0 Å². The highest BCUT2D eigenvalue weighted by Crippen LogP contribution is 2.05. The van der Waals surface area contributed by atoms with E-state index in [9.17, 15) is 19.2 Å². The van der Waals surface area contributed by atoms with Crippen LogP contribution in [0.15, 0.2) is 61.7 Å². The summed E-state index contributed by atoms with van der Waals surface area (Å²) in [6.45, 7) is 6.00. The van der Waals surface area contributed by atoms with Gasteiger partial charge < -0.3 is 20.4 Å². The zero-order chi connectivity index (χ0) is 20.3. The Morgan fingerprint density at radius 1 is 0.538 bits per heavy atom. The molecule has 0 heterocycles. The first-order chi connectivity index (χ1) is 12.2. The van der Waals surface area contributed by atoms with E-state index in [1.807, 2.05) is 0 Å². The molecule has 0 radical (unpaired) electrons. The monoisotopic (exact) mass is 360 g/mol. The molecule has 8 nitrogen and oxygen atoms in total. The molecular formula is C18H16O8. The minimum atomic E-state index is -1.13. The van der Waals surface area contributed by atoms with Crippen molar-refractivity contribution in [2.24, 2.45) is 0 Å². The van der Waals surface area contributed by atoms with E-state index in [4.69, 9.17) is 20.4 Å². The lowest BCUT2D eigenvalue weighted by Crippen LogP contribution is -2.01. The van der Waals surface area contributed by atoms with Crippen molar-refractivity contribution in [2.45, 2.75) is 0 Å². The van der Waals surface area contributed by atoms with Crippen LogP contribution in [0.4, 0.5) is 0 Å². The SMILES string of the molecule is C=C.O=C(O)c1ccc(C(=O)O)cc1.O=C(O)c1cccc(C(=O)O)c1. The Morgan fingerprint density at radius 2 is 0.808 bits per heavy atom. The summed E-state index contributed by atoms with van der Waals surface area (Å²) in [5.74, 6) is -4.38. The van der Waals surface area contributed by atoms with Crippen molar-refractivity contribution in [3.8, 4) is 0 Å². The van der Waals surface area contributed by atoms with Crippen LogP contribution in [-0.4, -0.2) is 44.3 Å². The van der Waals surface area contributed by atoms with E-state index >= 15 is 0 Å². The molecule has 8 heteroatoms. The topological polar surface area (TPSA) is 149 Å². The number of benzene rings is 2. The van der Waals surface area contributed by atoms with Crippen LogP contribution in [0.25, 0.3) is 0 Å². The Hall–Kier alpha value is -3.94. The van der Waals surface area contributed by atoms with Gasteiger partial charge in [-0.3, -0.25) is 0 Å². The maximum atomic E-state index is 10.4. The zero-order valence-corrected chi connectivity index (χ0v) is 13.5. The van der Waals surface area contributed by atoms with Crippen molar-refractivity contribution < 1.29 is 39.6 Å². The fourth-order valence-corrected chi connectivity index (χ4v) is 1.54. The van der Waals surface area contributed by atoms with Gasteiger partial charge in [-0.05, 0) is 42.5 Å². The third kappa shape index (κ3) is 7.09. The van der Waals surface area contributed by atoms with E-state index in [2.05, 4.69) is 13.2 Å². The van der Waals surface area contributed by atoms with Crippen LogP contribution in [0.2, 0.25) is 0 Å². The summed E-state index contributed by atoms with van der Waals surface area (Å²) in [5, 5.41) is 33.9. The Morgan fingerprint density at radius 3 is 1.04 bits per heavy atom. The predicted molar refractivity (Wildman–Crippen MR) is 92.0 cm³/mol. The molecule has 0 amide bonds. The summed E-state index contributed by atoms with van der Waals surface area (Å²) in [5.41, 5.74) is 0.129. The van der Waals surface area contributed by atoms with Gasteiger partial charge >= 0.3 is 23.9 Å². The molecular weight excluding hydrogens is 344 g/mol. The largest absolute Gasteiger partial charge is 0.478 e. The first-order valence-corrected chi connectivity index (χ1v) is 6.85. The van der Waals surface area contributed by atoms with Crippen molar-refractivity contribution in [3.05, 3.63) is 83.9 Å². The van der Waals surface area contributed by atoms with E-state index in [1.54, 1.807) is 0 Å². The highest BCUT2D eigenvalue weighted by atomic mass is 16.4. The summed E-state index contributed by atoms with van der Waals surface area (Å²) >= 11 is 0. The van der Waals surface area contributed by atoms with Crippen LogP contribution >= 0.6 is 0 Å². The Bertz CT molecular complexity index is 731. The summed E-state index contributed by atoms with van der Waals surface area (Å²) in [4.78, 5) is 41.4. The normalized spacial score (nSPS) is 8.77. The van der Waals surface area contributed by atoms with E-state index in [0.29, 0.717) is 0 Å². The number of rotatable bonds is 4. The first-order valence-electron chi connectivity index (χ1n) is 6.85. The lowest BCUT2D eigenvalue weighted by atomic mass is 10.1. The van der Waals surface area contributed by atoms with E-state index in [-0.39, 0.29) is 22.3 Å². The van der Waals surface area contributed by atoms with Crippen LogP contribution in [0.5, 0.6) is 0 Å². The average molecular weight is 360 g/mol. The van der Waals surface area contributed by atoms with E-state index in [0.717, 1.165) is 6.07 Å². The van der Waals surface area contributed by atoms with Gasteiger partial charge in [0.05, 0.1) is 22.3 Å². The quantitative estimate of drug-likeness (QED) is 0.608. The molecule has 0 aliphatic carbocycles. The third-order valence-corrected chi connectivity index (χ3v) is 2.74. The van der Waals surface area contributed by atoms with Crippen LogP contribution in [0.3, 0.4) is 0 Å². The van der Waals surface area contributed by atoms with Gasteiger partial charge in [0.25, 0.3) is 0 Å². The number of hydrogen-bond donors (Lipinski definition) is 4. The number of hydrogen-bond acceptors (Lipinski definition) is 4. The van der Waals surface area contributed by atoms with Crippen molar-refractivity contribution in [1.29, 1.82) is 0 Å². The molecule has 0 aliphatic heterocycles. The molecule has 0 unspecified atom stereocenters. The lowest BCUT2D eigenvalue weighted by molar-refractivity contribution is 0.0681. The molecule has 0 saturated carbocycles. The van der Waals surface area contributed by atoms with Crippen molar-refractivity contribution in [2.75, 3.05) is 0 Å². The van der Waals surface area contributed by atoms with Crippen molar-refractivity contribution >= 4 is 23.9 Å². The molecule has 136 valence electrons. The highest BCUT2D eigenvalue weighted by molar-refractivity contribution is 5.93. The number of carboxylic acid groups (broad SMARTS) is 4. The second-order valence-corrected chi connectivity index (χ2v) is 4.38. The summed E-state index contributed by atoms with van der Waals surface area (Å²) in [6.07, 6.45) is 0. The second-order valence-electron chi connectivity index (χ2n) is 4.38. The van der Waals surface area contributed by atoms with Crippen LogP contribution in [0, 0.1) is 0 Å². The second kappa shape index (κ2) is 10.8. The maximum Gasteiger partial charge on any atom is 0.335 e. The summed E-state index contributed by atoms with van der Waals surface area (Å²) in [7, 11) is 0. The van der Waals surface area contributed by atoms with Gasteiger partial charge in [0, 0.05) is 0 Å². The molecule has 0 spiro atoms. The zero-order valence-electron chi connectivity index (χ0n) is 13.5. The molecule has 2 rings (SSSR count). The van der Waals surface area contributed by atoms with Crippen LogP contribution in [-0.2, 0) is 0 Å². The molecule has 26 heavy (non-hydrogen) atoms. The van der Waals surface area contributed by atoms with Crippen molar-refractivity contribution in [3.63, 3.8) is 0 Å². The van der Waals surface area contributed by atoms with Crippen LogP contribution < -0.4 is 0 Å². The van der Waals surface area contributed by atoms with Gasteiger partial charge in [0.2, 0.25) is 0 Å². The standard InChI is InChI=1S/2C8H6O4.C2H4/c9-7(10)5-1-2-6(4-3-5)8(11)12;9-7(10)5-2-1-3-6(4-5)8(11)12;1-2/h2*1-4H,(H,9,10)(H,11,12);1-2H2. The minimum Gasteiger partial charge on any atom is -0.478 e. The number of aromatic carboxylic acids is 4. The minimum absolute atomic E-state index is 0.0186. The molecule has 0 saturated heterocycles. The number of carbonyl (C=O) groups is 4. The Kier molecular flexibility index (Phi) is 9.13. The molecule has 0 aliphatic rings. The molecule has 2 aromatic carbocycles. The molecule has 0 fully saturated rings. The molecule has 0 aromatic heterocycles. The lowest BCUT2D eigenvalue weighted by Gasteiger charge is -1.95. The van der Waals surface area contributed by atoms with Gasteiger partial charge in [0.1, 0.15) is 0 Å². The average Bonchev–Trinajstić information content (AvgIpc) is 2.64. The summed E-state index contributed by atoms with van der Waals surface area (Å²) in [6, 6.07) is 10.2. The van der Waals surface area contributed by atoms with E-state index < -0.39 is 23.9 Å². The van der Waals surface area contributed by atoms with Crippen LogP contribution in [0.1, 0.15) is 41.4 Å². The predicted octanol–water partition coefficient (Wildman–Crippen LogP) is 2.97. The Labute approximate surface area is 148 Å². The highest BCUT2D eigenvalue weighted by Gasteiger charge is 2.07. The van der Waals surface area contributed by atoms with Gasteiger partial charge in [-0.1, -0.05) is 6.07 Å². The van der Waals surface area contributed by atoms with E-state index in [1.165, 1.54) is 42.5 Å². The van der Waals surface area contributed by atoms with Gasteiger partial charge in [0.15, 0.2) is 0 Å². The molecule has 4 N–H and O–H groups in total. The third-order valence-electron chi connectivity index (χ3n) is 2.74. The fraction of sp³-hybridized carbons (Fsp3) is 0. The fourth-order valence-electron chi connectivity index (χ4n) is 1.54.